The third-order valence-corrected chi connectivity index (χ3v) is 3.05. The lowest BCUT2D eigenvalue weighted by molar-refractivity contribution is 0.585. The molecule has 0 saturated carbocycles. The van der Waals surface area contributed by atoms with Gasteiger partial charge in [-0.3, -0.25) is 9.36 Å². The largest absolute Gasteiger partial charge is 0.284 e. The topological polar surface area (TPSA) is 22.0 Å². The van der Waals surface area contributed by atoms with E-state index in [2.05, 4.69) is 26.8 Å². The molecule has 0 saturated heterocycles. The highest BCUT2D eigenvalue weighted by molar-refractivity contribution is 5.45. The van der Waals surface area contributed by atoms with E-state index < -0.39 is 0 Å². The summed E-state index contributed by atoms with van der Waals surface area (Å²) in [6.45, 7) is 8.41. The summed E-state index contributed by atoms with van der Waals surface area (Å²) in [6.07, 6.45) is 1.85. The predicted molar refractivity (Wildman–Crippen MR) is 75.5 cm³/mol. The first-order valence-electron chi connectivity index (χ1n) is 6.19. The first kappa shape index (κ1) is 12.6. The Bertz CT molecular complexity index is 617. The number of hydrogen-bond donors (Lipinski definition) is 0. The van der Waals surface area contributed by atoms with Crippen molar-refractivity contribution in [1.82, 2.24) is 4.57 Å². The predicted octanol–water partition coefficient (Wildman–Crippen LogP) is 3.44. The highest BCUT2D eigenvalue weighted by Crippen LogP contribution is 2.27. The van der Waals surface area contributed by atoms with E-state index in [9.17, 15) is 4.79 Å². The zero-order valence-corrected chi connectivity index (χ0v) is 11.4. The number of aromatic nitrogens is 1. The van der Waals surface area contributed by atoms with Gasteiger partial charge in [0.2, 0.25) is 0 Å². The third-order valence-electron chi connectivity index (χ3n) is 3.05. The van der Waals surface area contributed by atoms with Crippen LogP contribution in [-0.4, -0.2) is 4.57 Å². The fraction of sp³-hybridized carbons (Fsp3) is 0.312. The molecule has 0 unspecified atom stereocenters. The number of hydrogen-bond acceptors (Lipinski definition) is 1. The van der Waals surface area contributed by atoms with Gasteiger partial charge >= 0.3 is 0 Å². The number of pyridine rings is 1. The quantitative estimate of drug-likeness (QED) is 0.749. The van der Waals surface area contributed by atoms with Crippen molar-refractivity contribution in [3.05, 3.63) is 64.1 Å². The van der Waals surface area contributed by atoms with Crippen LogP contribution in [0.15, 0.2) is 47.4 Å². The summed E-state index contributed by atoms with van der Waals surface area (Å²) >= 11 is 0. The van der Waals surface area contributed by atoms with Crippen molar-refractivity contribution in [2.45, 2.75) is 33.1 Å². The molecule has 0 spiro atoms. The summed E-state index contributed by atoms with van der Waals surface area (Å²) in [5.74, 6) is 0. The van der Waals surface area contributed by atoms with E-state index >= 15 is 0 Å². The summed E-state index contributed by atoms with van der Waals surface area (Å²) in [5, 5.41) is 0. The maximum absolute atomic E-state index is 12.1. The van der Waals surface area contributed by atoms with Gasteiger partial charge in [0.25, 0.3) is 5.56 Å². The Morgan fingerprint density at radius 1 is 1.06 bits per heavy atom. The lowest BCUT2D eigenvalue weighted by Crippen LogP contribution is -2.22. The second-order valence-electron chi connectivity index (χ2n) is 5.68. The SMILES string of the molecule is Cc1ccn(-c2ccccc2C(C)(C)C)c(=O)c1. The maximum Gasteiger partial charge on any atom is 0.255 e. The number of nitrogens with zero attached hydrogens (tertiary/aromatic N) is 1. The van der Waals surface area contributed by atoms with Crippen molar-refractivity contribution < 1.29 is 0 Å². The van der Waals surface area contributed by atoms with Crippen molar-refractivity contribution in [3.8, 4) is 5.69 Å². The summed E-state index contributed by atoms with van der Waals surface area (Å²) in [4.78, 5) is 12.1. The summed E-state index contributed by atoms with van der Waals surface area (Å²) in [6, 6.07) is 11.7. The van der Waals surface area contributed by atoms with Crippen LogP contribution in [0.2, 0.25) is 0 Å². The van der Waals surface area contributed by atoms with Gasteiger partial charge in [-0.25, -0.2) is 0 Å². The van der Waals surface area contributed by atoms with Crippen LogP contribution in [0.5, 0.6) is 0 Å². The van der Waals surface area contributed by atoms with Crippen molar-refractivity contribution in [2.24, 2.45) is 0 Å². The summed E-state index contributed by atoms with van der Waals surface area (Å²) in [7, 11) is 0. The van der Waals surface area contributed by atoms with Crippen LogP contribution in [0.3, 0.4) is 0 Å². The van der Waals surface area contributed by atoms with Gasteiger partial charge in [0.1, 0.15) is 0 Å². The van der Waals surface area contributed by atoms with Crippen molar-refractivity contribution in [1.29, 1.82) is 0 Å². The van der Waals surface area contributed by atoms with Crippen LogP contribution in [0.1, 0.15) is 31.9 Å². The molecule has 2 nitrogen and oxygen atoms in total. The number of rotatable bonds is 1. The van der Waals surface area contributed by atoms with Crippen LogP contribution in [-0.2, 0) is 5.41 Å². The molecule has 0 bridgehead atoms. The molecular weight excluding hydrogens is 222 g/mol. The Balaban J connectivity index is 2.69. The van der Waals surface area contributed by atoms with E-state index in [0.717, 1.165) is 11.3 Å². The number of benzene rings is 1. The van der Waals surface area contributed by atoms with Crippen LogP contribution in [0.4, 0.5) is 0 Å². The molecule has 1 aromatic heterocycles. The van der Waals surface area contributed by atoms with E-state index in [4.69, 9.17) is 0 Å². The molecule has 0 N–H and O–H groups in total. The molecule has 94 valence electrons. The van der Waals surface area contributed by atoms with Crippen molar-refractivity contribution in [3.63, 3.8) is 0 Å². The molecule has 0 aliphatic rings. The number of aryl methyl sites for hydroxylation is 1. The van der Waals surface area contributed by atoms with Gasteiger partial charge in [0.05, 0.1) is 5.69 Å². The Morgan fingerprint density at radius 2 is 1.72 bits per heavy atom. The smallest absolute Gasteiger partial charge is 0.255 e. The molecule has 2 rings (SSSR count). The Hall–Kier alpha value is -1.83. The molecular formula is C16H19NO. The van der Waals surface area contributed by atoms with Crippen LogP contribution >= 0.6 is 0 Å². The van der Waals surface area contributed by atoms with Crippen LogP contribution in [0.25, 0.3) is 5.69 Å². The van der Waals surface area contributed by atoms with Crippen LogP contribution in [0, 0.1) is 6.92 Å². The zero-order chi connectivity index (χ0) is 13.3. The fourth-order valence-electron chi connectivity index (χ4n) is 2.09. The molecule has 1 aromatic carbocycles. The lowest BCUT2D eigenvalue weighted by atomic mass is 9.85. The molecule has 1 heterocycles. The van der Waals surface area contributed by atoms with Crippen molar-refractivity contribution in [2.75, 3.05) is 0 Å². The van der Waals surface area contributed by atoms with E-state index in [1.54, 1.807) is 10.6 Å². The second-order valence-corrected chi connectivity index (χ2v) is 5.68. The molecule has 0 fully saturated rings. The van der Waals surface area contributed by atoms with Gasteiger partial charge in [-0.1, -0.05) is 39.0 Å². The molecule has 2 heteroatoms. The minimum Gasteiger partial charge on any atom is -0.284 e. The van der Waals surface area contributed by atoms with Crippen molar-refractivity contribution >= 4 is 0 Å². The van der Waals surface area contributed by atoms with Gasteiger partial charge in [0.15, 0.2) is 0 Å². The van der Waals surface area contributed by atoms with Crippen LogP contribution < -0.4 is 5.56 Å². The lowest BCUT2D eigenvalue weighted by Gasteiger charge is -2.23. The monoisotopic (exact) mass is 241 g/mol. The Labute approximate surface area is 108 Å². The molecule has 0 aliphatic carbocycles. The standard InChI is InChI=1S/C16H19NO/c1-12-9-10-17(15(18)11-12)14-8-6-5-7-13(14)16(2,3)4/h5-11H,1-4H3. The molecule has 0 atom stereocenters. The normalized spacial score (nSPS) is 11.6. The highest BCUT2D eigenvalue weighted by atomic mass is 16.1. The van der Waals surface area contributed by atoms with E-state index in [1.165, 1.54) is 5.56 Å². The first-order valence-corrected chi connectivity index (χ1v) is 6.19. The zero-order valence-electron chi connectivity index (χ0n) is 11.4. The van der Waals surface area contributed by atoms with E-state index in [-0.39, 0.29) is 11.0 Å². The second kappa shape index (κ2) is 4.45. The van der Waals surface area contributed by atoms with Gasteiger partial charge < -0.3 is 0 Å². The maximum atomic E-state index is 12.1. The molecule has 18 heavy (non-hydrogen) atoms. The first-order chi connectivity index (χ1) is 8.39. The van der Waals surface area contributed by atoms with Gasteiger partial charge in [-0.2, -0.15) is 0 Å². The van der Waals surface area contributed by atoms with E-state index in [1.807, 2.05) is 37.4 Å². The van der Waals surface area contributed by atoms with Gasteiger partial charge in [-0.15, -0.1) is 0 Å². The summed E-state index contributed by atoms with van der Waals surface area (Å²) in [5.41, 5.74) is 3.17. The third kappa shape index (κ3) is 2.37. The Kier molecular flexibility index (Phi) is 3.12. The number of para-hydroxylation sites is 1. The summed E-state index contributed by atoms with van der Waals surface area (Å²) < 4.78 is 1.72. The van der Waals surface area contributed by atoms with Gasteiger partial charge in [-0.05, 0) is 35.6 Å². The van der Waals surface area contributed by atoms with E-state index in [0.29, 0.717) is 0 Å². The average molecular weight is 241 g/mol. The van der Waals surface area contributed by atoms with Gasteiger partial charge in [0, 0.05) is 12.3 Å². The minimum absolute atomic E-state index is 0.0148. The fourth-order valence-corrected chi connectivity index (χ4v) is 2.09. The average Bonchev–Trinajstić information content (AvgIpc) is 2.28. The molecule has 0 amide bonds. The Morgan fingerprint density at radius 3 is 2.33 bits per heavy atom. The minimum atomic E-state index is 0.0148. The molecule has 0 aliphatic heterocycles. The molecule has 2 aromatic rings. The highest BCUT2D eigenvalue weighted by Gasteiger charge is 2.18. The molecule has 0 radical (unpaired) electrons.